The SMILES string of the molecule is CSC1CCCC1Nc1cc(C)ccc1N. The zero-order valence-electron chi connectivity index (χ0n) is 9.99. The number of hydrogen-bond donors (Lipinski definition) is 2. The fourth-order valence-electron chi connectivity index (χ4n) is 2.37. The molecule has 1 aliphatic rings. The minimum Gasteiger partial charge on any atom is -0.397 e. The summed E-state index contributed by atoms with van der Waals surface area (Å²) in [6.45, 7) is 2.10. The lowest BCUT2D eigenvalue weighted by atomic mass is 10.1. The van der Waals surface area contributed by atoms with Crippen LogP contribution in [-0.2, 0) is 0 Å². The van der Waals surface area contributed by atoms with Crippen LogP contribution in [-0.4, -0.2) is 17.5 Å². The predicted octanol–water partition coefficient (Wildman–Crippen LogP) is 3.27. The van der Waals surface area contributed by atoms with Gasteiger partial charge in [0.2, 0.25) is 0 Å². The summed E-state index contributed by atoms with van der Waals surface area (Å²) in [5.41, 5.74) is 9.21. The molecule has 0 heterocycles. The van der Waals surface area contributed by atoms with Crippen molar-refractivity contribution in [3.05, 3.63) is 23.8 Å². The highest BCUT2D eigenvalue weighted by Crippen LogP contribution is 2.32. The van der Waals surface area contributed by atoms with Crippen molar-refractivity contribution in [3.63, 3.8) is 0 Å². The van der Waals surface area contributed by atoms with Crippen LogP contribution in [0.1, 0.15) is 24.8 Å². The summed E-state index contributed by atoms with van der Waals surface area (Å²) in [5, 5.41) is 4.34. The molecule has 0 radical (unpaired) electrons. The first-order valence-electron chi connectivity index (χ1n) is 5.86. The minimum atomic E-state index is 0.582. The van der Waals surface area contributed by atoms with E-state index < -0.39 is 0 Å². The molecule has 2 atom stereocenters. The van der Waals surface area contributed by atoms with Crippen LogP contribution in [0, 0.1) is 6.92 Å². The highest BCUT2D eigenvalue weighted by Gasteiger charge is 2.26. The summed E-state index contributed by atoms with van der Waals surface area (Å²) in [6.07, 6.45) is 6.11. The van der Waals surface area contributed by atoms with Crippen molar-refractivity contribution in [2.45, 2.75) is 37.5 Å². The Kier molecular flexibility index (Phi) is 3.64. The van der Waals surface area contributed by atoms with Crippen LogP contribution in [0.25, 0.3) is 0 Å². The maximum absolute atomic E-state index is 5.99. The van der Waals surface area contributed by atoms with Gasteiger partial charge in [-0.15, -0.1) is 0 Å². The summed E-state index contributed by atoms with van der Waals surface area (Å²) < 4.78 is 0. The minimum absolute atomic E-state index is 0.582. The molecule has 1 saturated carbocycles. The zero-order chi connectivity index (χ0) is 11.5. The van der Waals surface area contributed by atoms with Gasteiger partial charge >= 0.3 is 0 Å². The van der Waals surface area contributed by atoms with Crippen LogP contribution in [0.15, 0.2) is 18.2 Å². The third-order valence-electron chi connectivity index (χ3n) is 3.30. The van der Waals surface area contributed by atoms with Gasteiger partial charge in [0, 0.05) is 11.3 Å². The second-order valence-corrected chi connectivity index (χ2v) is 5.62. The van der Waals surface area contributed by atoms with Crippen LogP contribution in [0.4, 0.5) is 11.4 Å². The van der Waals surface area contributed by atoms with E-state index in [0.717, 1.165) is 16.6 Å². The number of hydrogen-bond acceptors (Lipinski definition) is 3. The van der Waals surface area contributed by atoms with Crippen molar-refractivity contribution in [3.8, 4) is 0 Å². The molecule has 0 saturated heterocycles. The Labute approximate surface area is 102 Å². The molecule has 88 valence electrons. The lowest BCUT2D eigenvalue weighted by Gasteiger charge is -2.21. The van der Waals surface area contributed by atoms with Crippen molar-refractivity contribution in [1.82, 2.24) is 0 Å². The lowest BCUT2D eigenvalue weighted by molar-refractivity contribution is 0.769. The van der Waals surface area contributed by atoms with Crippen LogP contribution in [0.3, 0.4) is 0 Å². The highest BCUT2D eigenvalue weighted by atomic mass is 32.2. The summed E-state index contributed by atoms with van der Waals surface area (Å²) >= 11 is 1.97. The molecule has 16 heavy (non-hydrogen) atoms. The summed E-state index contributed by atoms with van der Waals surface area (Å²) in [6, 6.07) is 6.77. The van der Waals surface area contributed by atoms with Gasteiger partial charge in [-0.2, -0.15) is 11.8 Å². The number of rotatable bonds is 3. The molecule has 0 bridgehead atoms. The van der Waals surface area contributed by atoms with E-state index in [0.29, 0.717) is 6.04 Å². The van der Waals surface area contributed by atoms with Crippen LogP contribution in [0.5, 0.6) is 0 Å². The molecule has 0 spiro atoms. The molecule has 1 aliphatic carbocycles. The van der Waals surface area contributed by atoms with Gasteiger partial charge in [-0.05, 0) is 43.7 Å². The van der Waals surface area contributed by atoms with Crippen molar-refractivity contribution < 1.29 is 0 Å². The van der Waals surface area contributed by atoms with Crippen molar-refractivity contribution in [1.29, 1.82) is 0 Å². The zero-order valence-corrected chi connectivity index (χ0v) is 10.8. The van der Waals surface area contributed by atoms with Crippen LogP contribution >= 0.6 is 11.8 Å². The molecule has 3 heteroatoms. The van der Waals surface area contributed by atoms with Crippen LogP contribution < -0.4 is 11.1 Å². The number of nitrogens with one attached hydrogen (secondary N) is 1. The average molecular weight is 236 g/mol. The largest absolute Gasteiger partial charge is 0.397 e. The smallest absolute Gasteiger partial charge is 0.0579 e. The first-order valence-corrected chi connectivity index (χ1v) is 7.15. The Bertz CT molecular complexity index is 365. The van der Waals surface area contributed by atoms with E-state index in [2.05, 4.69) is 30.6 Å². The Balaban J connectivity index is 2.11. The van der Waals surface area contributed by atoms with Gasteiger partial charge in [0.05, 0.1) is 11.4 Å². The molecular formula is C13H20N2S. The molecule has 1 aromatic rings. The summed E-state index contributed by atoms with van der Waals surface area (Å²) in [5.74, 6) is 0. The fraction of sp³-hybridized carbons (Fsp3) is 0.538. The maximum atomic E-state index is 5.99. The number of nitrogen functional groups attached to an aromatic ring is 1. The highest BCUT2D eigenvalue weighted by molar-refractivity contribution is 7.99. The quantitative estimate of drug-likeness (QED) is 0.791. The van der Waals surface area contributed by atoms with Crippen molar-refractivity contribution >= 4 is 23.1 Å². The molecule has 2 nitrogen and oxygen atoms in total. The van der Waals surface area contributed by atoms with Crippen molar-refractivity contribution in [2.75, 3.05) is 17.3 Å². The van der Waals surface area contributed by atoms with E-state index in [1.54, 1.807) is 0 Å². The molecule has 2 rings (SSSR count). The first-order chi connectivity index (χ1) is 7.70. The number of thioether (sulfide) groups is 1. The Hall–Kier alpha value is -0.830. The molecule has 0 aliphatic heterocycles. The number of nitrogens with two attached hydrogens (primary N) is 1. The third-order valence-corrected chi connectivity index (χ3v) is 4.47. The normalized spacial score (nSPS) is 24.6. The Morgan fingerprint density at radius 3 is 2.94 bits per heavy atom. The van der Waals surface area contributed by atoms with E-state index in [9.17, 15) is 0 Å². The van der Waals surface area contributed by atoms with Gasteiger partial charge in [-0.1, -0.05) is 12.5 Å². The summed E-state index contributed by atoms with van der Waals surface area (Å²) in [4.78, 5) is 0. The second-order valence-electron chi connectivity index (χ2n) is 4.55. The predicted molar refractivity (Wildman–Crippen MR) is 74.2 cm³/mol. The number of aryl methyl sites for hydroxylation is 1. The second kappa shape index (κ2) is 5.00. The van der Waals surface area contributed by atoms with E-state index in [1.807, 2.05) is 17.8 Å². The first kappa shape index (κ1) is 11.6. The molecular weight excluding hydrogens is 216 g/mol. The van der Waals surface area contributed by atoms with Crippen molar-refractivity contribution in [2.24, 2.45) is 0 Å². The van der Waals surface area contributed by atoms with E-state index in [4.69, 9.17) is 5.73 Å². The van der Waals surface area contributed by atoms with E-state index >= 15 is 0 Å². The summed E-state index contributed by atoms with van der Waals surface area (Å²) in [7, 11) is 0. The van der Waals surface area contributed by atoms with Gasteiger partial charge in [-0.25, -0.2) is 0 Å². The van der Waals surface area contributed by atoms with Gasteiger partial charge in [0.25, 0.3) is 0 Å². The van der Waals surface area contributed by atoms with Crippen LogP contribution in [0.2, 0.25) is 0 Å². The molecule has 3 N–H and O–H groups in total. The monoisotopic (exact) mass is 236 g/mol. The average Bonchev–Trinajstić information content (AvgIpc) is 2.71. The molecule has 0 amide bonds. The fourth-order valence-corrected chi connectivity index (χ4v) is 3.30. The van der Waals surface area contributed by atoms with Gasteiger partial charge in [0.1, 0.15) is 0 Å². The topological polar surface area (TPSA) is 38.0 Å². The number of anilines is 2. The Morgan fingerprint density at radius 2 is 2.19 bits per heavy atom. The van der Waals surface area contributed by atoms with E-state index in [-0.39, 0.29) is 0 Å². The van der Waals surface area contributed by atoms with E-state index in [1.165, 1.54) is 24.8 Å². The lowest BCUT2D eigenvalue weighted by Crippen LogP contribution is -2.26. The van der Waals surface area contributed by atoms with Gasteiger partial charge in [-0.3, -0.25) is 0 Å². The Morgan fingerprint density at radius 1 is 1.38 bits per heavy atom. The van der Waals surface area contributed by atoms with Gasteiger partial charge < -0.3 is 11.1 Å². The third kappa shape index (κ3) is 2.46. The molecule has 0 aromatic heterocycles. The molecule has 1 fully saturated rings. The standard InChI is InChI=1S/C13H20N2S/c1-9-6-7-10(14)12(8-9)15-11-4-3-5-13(11)16-2/h6-8,11,13,15H,3-5,14H2,1-2H3. The number of benzene rings is 1. The van der Waals surface area contributed by atoms with Gasteiger partial charge in [0.15, 0.2) is 0 Å². The maximum Gasteiger partial charge on any atom is 0.0579 e. The molecule has 2 unspecified atom stereocenters. The molecule has 1 aromatic carbocycles.